The summed E-state index contributed by atoms with van der Waals surface area (Å²) < 4.78 is 35.4. The number of carbonyl (C=O) groups is 1. The summed E-state index contributed by atoms with van der Waals surface area (Å²) in [5, 5.41) is 4.40. The highest BCUT2D eigenvalue weighted by molar-refractivity contribution is 7.89. The van der Waals surface area contributed by atoms with Crippen molar-refractivity contribution < 1.29 is 17.9 Å². The Kier molecular flexibility index (Phi) is 7.70. The number of para-hydroxylation sites is 1. The van der Waals surface area contributed by atoms with E-state index in [4.69, 9.17) is 16.3 Å². The Hall–Kier alpha value is -3.30. The normalized spacial score (nSPS) is 14.2. The van der Waals surface area contributed by atoms with Crippen molar-refractivity contribution in [2.24, 2.45) is 0 Å². The van der Waals surface area contributed by atoms with Gasteiger partial charge in [0.05, 0.1) is 18.7 Å². The predicted molar refractivity (Wildman–Crippen MR) is 140 cm³/mol. The largest absolute Gasteiger partial charge is 0.468 e. The first kappa shape index (κ1) is 25.8. The van der Waals surface area contributed by atoms with Crippen molar-refractivity contribution in [3.8, 4) is 0 Å². The van der Waals surface area contributed by atoms with Crippen molar-refractivity contribution in [1.29, 1.82) is 0 Å². The van der Waals surface area contributed by atoms with Gasteiger partial charge in [0, 0.05) is 23.2 Å². The van der Waals surface area contributed by atoms with E-state index in [1.165, 1.54) is 19.4 Å². The number of rotatable bonds is 9. The Morgan fingerprint density at radius 3 is 2.39 bits per heavy atom. The third kappa shape index (κ3) is 5.42. The molecule has 3 aromatic carbocycles. The van der Waals surface area contributed by atoms with Crippen molar-refractivity contribution in [2.75, 3.05) is 7.11 Å². The highest BCUT2D eigenvalue weighted by Crippen LogP contribution is 2.32. The van der Waals surface area contributed by atoms with Gasteiger partial charge in [-0.1, -0.05) is 72.3 Å². The van der Waals surface area contributed by atoms with Crippen LogP contribution in [-0.2, 0) is 26.1 Å². The highest BCUT2D eigenvalue weighted by Gasteiger charge is 2.45. The number of hydrogen-bond acceptors (Lipinski definition) is 6. The number of nitrogens with zero attached hydrogens (tertiary/aromatic N) is 1. The monoisotopic (exact) mass is 523 g/mol. The van der Waals surface area contributed by atoms with E-state index in [0.29, 0.717) is 28.0 Å². The average Bonchev–Trinajstić information content (AvgIpc) is 2.90. The molecule has 0 radical (unpaired) electrons. The molecule has 2 N–H and O–H groups in total. The van der Waals surface area contributed by atoms with Gasteiger partial charge in [-0.15, -0.1) is 0 Å². The van der Waals surface area contributed by atoms with Crippen LogP contribution >= 0.6 is 11.6 Å². The maximum absolute atomic E-state index is 13.8. The summed E-state index contributed by atoms with van der Waals surface area (Å²) in [5.74, 6) is -0.628. The van der Waals surface area contributed by atoms with Gasteiger partial charge in [-0.2, -0.15) is 0 Å². The molecule has 0 aliphatic heterocycles. The van der Waals surface area contributed by atoms with Crippen LogP contribution in [0.4, 0.5) is 0 Å². The Bertz CT molecular complexity index is 1460. The van der Waals surface area contributed by atoms with Crippen molar-refractivity contribution in [3.63, 3.8) is 0 Å². The minimum atomic E-state index is -4.15. The first-order valence-corrected chi connectivity index (χ1v) is 13.1. The number of sulfonamides is 1. The van der Waals surface area contributed by atoms with Gasteiger partial charge in [0.15, 0.2) is 0 Å². The lowest BCUT2D eigenvalue weighted by Gasteiger charge is -2.37. The van der Waals surface area contributed by atoms with E-state index in [1.807, 2.05) is 30.3 Å². The zero-order chi connectivity index (χ0) is 25.8. The molecule has 0 saturated heterocycles. The topological polar surface area (TPSA) is 97.4 Å². The van der Waals surface area contributed by atoms with Crippen LogP contribution in [0.1, 0.15) is 24.1 Å². The molecule has 7 nitrogen and oxygen atoms in total. The molecule has 0 spiro atoms. The summed E-state index contributed by atoms with van der Waals surface area (Å²) in [7, 11) is -2.87. The molecule has 36 heavy (non-hydrogen) atoms. The predicted octanol–water partition coefficient (Wildman–Crippen LogP) is 4.63. The number of hydrogen-bond donors (Lipinski definition) is 2. The zero-order valence-electron chi connectivity index (χ0n) is 19.8. The van der Waals surface area contributed by atoms with Crippen LogP contribution in [0, 0.1) is 0 Å². The number of carbonyl (C=O) groups excluding carboxylic acids is 1. The van der Waals surface area contributed by atoms with Gasteiger partial charge < -0.3 is 4.74 Å². The molecular formula is C27H26ClN3O4S. The van der Waals surface area contributed by atoms with Crippen molar-refractivity contribution in [1.82, 2.24) is 15.0 Å². The quantitative estimate of drug-likeness (QED) is 0.310. The van der Waals surface area contributed by atoms with E-state index in [9.17, 15) is 13.2 Å². The number of benzene rings is 3. The third-order valence-electron chi connectivity index (χ3n) is 6.05. The first-order chi connectivity index (χ1) is 17.2. The number of ether oxygens (including phenoxy) is 1. The third-order valence-corrected chi connectivity index (χ3v) is 7.76. The van der Waals surface area contributed by atoms with Gasteiger partial charge in [0.2, 0.25) is 10.0 Å². The molecule has 1 aromatic heterocycles. The maximum Gasteiger partial charge on any atom is 0.327 e. The van der Waals surface area contributed by atoms with Gasteiger partial charge in [-0.05, 0) is 42.3 Å². The molecule has 0 aliphatic rings. The molecule has 4 aromatic rings. The molecular weight excluding hydrogens is 498 g/mol. The van der Waals surface area contributed by atoms with Crippen LogP contribution in [0.15, 0.2) is 96.0 Å². The summed E-state index contributed by atoms with van der Waals surface area (Å²) >= 11 is 6.10. The lowest BCUT2D eigenvalue weighted by molar-refractivity contribution is -0.149. The van der Waals surface area contributed by atoms with Crippen molar-refractivity contribution in [3.05, 3.63) is 107 Å². The second-order valence-corrected chi connectivity index (χ2v) is 10.6. The van der Waals surface area contributed by atoms with Gasteiger partial charge in [-0.3, -0.25) is 10.3 Å². The van der Waals surface area contributed by atoms with E-state index in [0.717, 1.165) is 5.56 Å². The van der Waals surface area contributed by atoms with Gasteiger partial charge in [-0.25, -0.2) is 17.9 Å². The molecule has 0 amide bonds. The summed E-state index contributed by atoms with van der Waals surface area (Å²) in [6.45, 7) is 1.92. The standard InChI is InChI=1S/C27H26ClN3O4S/c1-27(26(32)35-2,30-18-19-8-4-3-5-9-19)25(21-13-15-22(28)16-14-21)31-36(33,34)23-12-6-10-20-11-7-17-29-24(20)23/h3-17,25,30-31H,18H2,1-2H3/t25-,27-/m0/s1. The summed E-state index contributed by atoms with van der Waals surface area (Å²) in [6, 6.07) is 23.6. The second-order valence-electron chi connectivity index (χ2n) is 8.47. The smallest absolute Gasteiger partial charge is 0.327 e. The molecule has 9 heteroatoms. The number of nitrogens with one attached hydrogen (secondary N) is 2. The van der Waals surface area contributed by atoms with E-state index < -0.39 is 27.6 Å². The number of pyridine rings is 1. The Morgan fingerprint density at radius 1 is 1.00 bits per heavy atom. The van der Waals surface area contributed by atoms with Gasteiger partial charge >= 0.3 is 5.97 Å². The van der Waals surface area contributed by atoms with Crippen LogP contribution in [0.5, 0.6) is 0 Å². The Labute approximate surface area is 215 Å². The van der Waals surface area contributed by atoms with Crippen LogP contribution in [-0.4, -0.2) is 32.0 Å². The molecule has 186 valence electrons. The van der Waals surface area contributed by atoms with E-state index in [-0.39, 0.29) is 4.90 Å². The van der Waals surface area contributed by atoms with Gasteiger partial charge in [0.25, 0.3) is 0 Å². The Balaban J connectivity index is 1.80. The van der Waals surface area contributed by atoms with Crippen molar-refractivity contribution >= 4 is 38.5 Å². The molecule has 0 unspecified atom stereocenters. The lowest BCUT2D eigenvalue weighted by Crippen LogP contribution is -2.58. The first-order valence-electron chi connectivity index (χ1n) is 11.2. The Morgan fingerprint density at radius 2 is 1.69 bits per heavy atom. The molecule has 0 aliphatic carbocycles. The second kappa shape index (κ2) is 10.8. The minimum Gasteiger partial charge on any atom is -0.468 e. The molecule has 0 fully saturated rings. The fraction of sp³-hybridized carbons (Fsp3) is 0.185. The number of methoxy groups -OCH3 is 1. The molecule has 1 heterocycles. The fourth-order valence-electron chi connectivity index (χ4n) is 4.07. The van der Waals surface area contributed by atoms with Crippen LogP contribution in [0.3, 0.4) is 0 Å². The summed E-state index contributed by atoms with van der Waals surface area (Å²) in [6.07, 6.45) is 1.54. The molecule has 2 atom stereocenters. The van der Waals surface area contributed by atoms with Gasteiger partial charge in [0.1, 0.15) is 10.4 Å². The highest BCUT2D eigenvalue weighted by atomic mass is 35.5. The van der Waals surface area contributed by atoms with E-state index in [2.05, 4.69) is 15.0 Å². The van der Waals surface area contributed by atoms with Crippen LogP contribution < -0.4 is 10.0 Å². The summed E-state index contributed by atoms with van der Waals surface area (Å²) in [4.78, 5) is 17.5. The van der Waals surface area contributed by atoms with Crippen molar-refractivity contribution in [2.45, 2.75) is 29.9 Å². The SMILES string of the molecule is COC(=O)[C@@](C)(NCc1ccccc1)[C@@H](NS(=O)(=O)c1cccc2cccnc12)c1ccc(Cl)cc1. The number of halogens is 1. The van der Waals surface area contributed by atoms with E-state index in [1.54, 1.807) is 55.5 Å². The molecule has 0 bridgehead atoms. The van der Waals surface area contributed by atoms with E-state index >= 15 is 0 Å². The number of aromatic nitrogens is 1. The number of fused-ring (bicyclic) bond motifs is 1. The fourth-order valence-corrected chi connectivity index (χ4v) is 5.69. The minimum absolute atomic E-state index is 0.00911. The maximum atomic E-state index is 13.8. The van der Waals surface area contributed by atoms with Crippen LogP contribution in [0.25, 0.3) is 10.9 Å². The lowest BCUT2D eigenvalue weighted by atomic mass is 9.87. The average molecular weight is 524 g/mol. The molecule has 4 rings (SSSR count). The molecule has 0 saturated carbocycles. The number of esters is 1. The van der Waals surface area contributed by atoms with Crippen LogP contribution in [0.2, 0.25) is 5.02 Å². The zero-order valence-corrected chi connectivity index (χ0v) is 21.4. The summed E-state index contributed by atoms with van der Waals surface area (Å²) in [5.41, 5.74) is 0.302.